The fourth-order valence-electron chi connectivity index (χ4n) is 1.81. The van der Waals surface area contributed by atoms with Crippen LogP contribution in [-0.4, -0.2) is 42.5 Å². The molecular formula is C14H22ClN4O2+. The van der Waals surface area contributed by atoms with Crippen molar-refractivity contribution in [2.24, 2.45) is 0 Å². The maximum absolute atomic E-state index is 12.0. The topological polar surface area (TPSA) is 75.5 Å². The molecule has 0 aliphatic rings. The lowest BCUT2D eigenvalue weighted by Crippen LogP contribution is -3.14. The van der Waals surface area contributed by atoms with E-state index >= 15 is 0 Å². The summed E-state index contributed by atoms with van der Waals surface area (Å²) < 4.78 is 0. The number of carbonyl (C=O) groups excluding carboxylic acids is 2. The molecule has 0 bridgehead atoms. The lowest BCUT2D eigenvalue weighted by molar-refractivity contribution is -0.881. The molecule has 0 saturated carbocycles. The Kier molecular flexibility index (Phi) is 7.11. The number of pyridine rings is 1. The average molecular weight is 314 g/mol. The van der Waals surface area contributed by atoms with Gasteiger partial charge in [-0.15, -0.1) is 0 Å². The van der Waals surface area contributed by atoms with Crippen LogP contribution in [0.4, 0.5) is 5.69 Å². The van der Waals surface area contributed by atoms with E-state index in [1.54, 1.807) is 18.3 Å². The van der Waals surface area contributed by atoms with Crippen LogP contribution >= 0.6 is 11.6 Å². The molecule has 0 aliphatic carbocycles. The molecule has 2 amide bonds. The second-order valence-corrected chi connectivity index (χ2v) is 5.43. The number of halogens is 1. The molecule has 1 unspecified atom stereocenters. The van der Waals surface area contributed by atoms with Crippen molar-refractivity contribution < 1.29 is 14.5 Å². The Balaban J connectivity index is 2.51. The first-order valence-electron chi connectivity index (χ1n) is 6.95. The molecular weight excluding hydrogens is 292 g/mol. The third-order valence-electron chi connectivity index (χ3n) is 2.80. The van der Waals surface area contributed by atoms with E-state index in [4.69, 9.17) is 11.6 Å². The zero-order valence-corrected chi connectivity index (χ0v) is 13.3. The van der Waals surface area contributed by atoms with E-state index < -0.39 is 0 Å². The van der Waals surface area contributed by atoms with Crippen LogP contribution in [0.2, 0.25) is 5.15 Å². The van der Waals surface area contributed by atoms with Gasteiger partial charge in [0.25, 0.3) is 11.8 Å². The molecule has 0 fully saturated rings. The predicted octanol–water partition coefficient (Wildman–Crippen LogP) is 0.103. The first-order valence-corrected chi connectivity index (χ1v) is 7.33. The maximum atomic E-state index is 12.0. The highest BCUT2D eigenvalue weighted by atomic mass is 35.5. The van der Waals surface area contributed by atoms with Crippen LogP contribution in [0.1, 0.15) is 20.8 Å². The number of hydrogen-bond acceptors (Lipinski definition) is 3. The van der Waals surface area contributed by atoms with Crippen LogP contribution in [0, 0.1) is 0 Å². The van der Waals surface area contributed by atoms with Gasteiger partial charge in [0.1, 0.15) is 0 Å². The molecule has 6 nitrogen and oxygen atoms in total. The fourth-order valence-corrected chi connectivity index (χ4v) is 1.98. The Hall–Kier alpha value is -1.66. The van der Waals surface area contributed by atoms with Crippen molar-refractivity contribution in [2.45, 2.75) is 26.8 Å². The molecule has 1 aromatic heterocycles. The van der Waals surface area contributed by atoms with Crippen molar-refractivity contribution in [3.63, 3.8) is 0 Å². The zero-order valence-electron chi connectivity index (χ0n) is 12.6. The number of likely N-dealkylation sites (N-methyl/N-ethyl adjacent to an activating group) is 1. The van der Waals surface area contributed by atoms with Gasteiger partial charge >= 0.3 is 0 Å². The van der Waals surface area contributed by atoms with Crippen LogP contribution in [-0.2, 0) is 9.59 Å². The highest BCUT2D eigenvalue weighted by Crippen LogP contribution is 2.16. The van der Waals surface area contributed by atoms with E-state index in [9.17, 15) is 9.59 Å². The van der Waals surface area contributed by atoms with Gasteiger partial charge in [-0.1, -0.05) is 11.6 Å². The van der Waals surface area contributed by atoms with Crippen LogP contribution in [0.3, 0.4) is 0 Å². The normalized spacial score (nSPS) is 12.0. The number of nitrogens with one attached hydrogen (secondary N) is 3. The van der Waals surface area contributed by atoms with Crippen molar-refractivity contribution >= 4 is 29.1 Å². The summed E-state index contributed by atoms with van der Waals surface area (Å²) in [5, 5.41) is 5.77. The van der Waals surface area contributed by atoms with E-state index in [1.165, 1.54) is 0 Å². The van der Waals surface area contributed by atoms with Crippen LogP contribution in [0.15, 0.2) is 18.3 Å². The number of nitrogens with zero attached hydrogens (tertiary/aromatic N) is 1. The molecule has 1 rings (SSSR count). The number of anilines is 1. The minimum absolute atomic E-state index is 0.0611. The Morgan fingerprint density at radius 3 is 2.57 bits per heavy atom. The summed E-state index contributed by atoms with van der Waals surface area (Å²) in [5.41, 5.74) is 0.478. The van der Waals surface area contributed by atoms with Gasteiger partial charge in [0.2, 0.25) is 0 Å². The van der Waals surface area contributed by atoms with Gasteiger partial charge in [0, 0.05) is 12.2 Å². The van der Waals surface area contributed by atoms with Gasteiger partial charge in [-0.3, -0.25) is 9.59 Å². The molecule has 116 valence electrons. The average Bonchev–Trinajstić information content (AvgIpc) is 2.39. The number of quaternary nitrogens is 1. The highest BCUT2D eigenvalue weighted by molar-refractivity contribution is 6.32. The third-order valence-corrected chi connectivity index (χ3v) is 3.11. The highest BCUT2D eigenvalue weighted by Gasteiger charge is 2.17. The van der Waals surface area contributed by atoms with Crippen molar-refractivity contribution in [3.8, 4) is 0 Å². The van der Waals surface area contributed by atoms with E-state index in [1.807, 2.05) is 20.8 Å². The molecule has 1 atom stereocenters. The minimum atomic E-state index is -0.195. The lowest BCUT2D eigenvalue weighted by atomic mass is 10.3. The van der Waals surface area contributed by atoms with Gasteiger partial charge in [0.05, 0.1) is 12.2 Å². The monoisotopic (exact) mass is 313 g/mol. The van der Waals surface area contributed by atoms with Gasteiger partial charge in [-0.25, -0.2) is 4.98 Å². The standard InChI is InChI=1S/C14H21ClN4O2/c1-4-19(8-12(20)17-10(2)3)9-13(21)18-11-6-5-7-16-14(11)15/h5-7,10H,4,8-9H2,1-3H3,(H,17,20)(H,18,21)/p+1. The first-order chi connectivity index (χ1) is 9.92. The van der Waals surface area contributed by atoms with Crippen LogP contribution in [0.25, 0.3) is 0 Å². The second-order valence-electron chi connectivity index (χ2n) is 5.07. The van der Waals surface area contributed by atoms with E-state index in [0.717, 1.165) is 4.90 Å². The molecule has 0 aliphatic heterocycles. The van der Waals surface area contributed by atoms with Gasteiger partial charge in [-0.2, -0.15) is 0 Å². The first kappa shape index (κ1) is 17.4. The van der Waals surface area contributed by atoms with E-state index in [-0.39, 0.29) is 36.1 Å². The fraction of sp³-hybridized carbons (Fsp3) is 0.500. The van der Waals surface area contributed by atoms with Gasteiger partial charge in [0.15, 0.2) is 18.2 Å². The Labute approximate surface area is 129 Å². The summed E-state index contributed by atoms with van der Waals surface area (Å²) in [6, 6.07) is 3.48. The number of hydrogen-bond donors (Lipinski definition) is 3. The predicted molar refractivity (Wildman–Crippen MR) is 82.4 cm³/mol. The third kappa shape index (κ3) is 6.55. The number of aromatic nitrogens is 1. The lowest BCUT2D eigenvalue weighted by Gasteiger charge is -2.17. The summed E-state index contributed by atoms with van der Waals surface area (Å²) >= 11 is 5.88. The molecule has 0 radical (unpaired) electrons. The number of amides is 2. The number of rotatable bonds is 7. The minimum Gasteiger partial charge on any atom is -0.349 e. The summed E-state index contributed by atoms with van der Waals surface area (Å²) in [6.45, 7) is 6.89. The molecule has 0 saturated heterocycles. The Morgan fingerprint density at radius 2 is 2.00 bits per heavy atom. The molecule has 21 heavy (non-hydrogen) atoms. The summed E-state index contributed by atoms with van der Waals surface area (Å²) in [5.74, 6) is -0.256. The van der Waals surface area contributed by atoms with Crippen molar-refractivity contribution in [3.05, 3.63) is 23.5 Å². The van der Waals surface area contributed by atoms with Crippen LogP contribution in [0.5, 0.6) is 0 Å². The SMILES string of the molecule is CC[NH+](CC(=O)Nc1cccnc1Cl)CC(=O)NC(C)C. The molecule has 7 heteroatoms. The molecule has 0 aromatic carbocycles. The molecule has 1 heterocycles. The summed E-state index contributed by atoms with van der Waals surface area (Å²) in [4.78, 5) is 28.5. The second kappa shape index (κ2) is 8.59. The maximum Gasteiger partial charge on any atom is 0.279 e. The summed E-state index contributed by atoms with van der Waals surface area (Å²) in [7, 11) is 0. The van der Waals surface area contributed by atoms with E-state index in [0.29, 0.717) is 12.2 Å². The number of carbonyl (C=O) groups is 2. The zero-order chi connectivity index (χ0) is 15.8. The van der Waals surface area contributed by atoms with Crippen molar-refractivity contribution in [1.82, 2.24) is 10.3 Å². The summed E-state index contributed by atoms with van der Waals surface area (Å²) in [6.07, 6.45) is 1.55. The Bertz CT molecular complexity index is 494. The van der Waals surface area contributed by atoms with Crippen LogP contribution < -0.4 is 15.5 Å². The Morgan fingerprint density at radius 1 is 1.33 bits per heavy atom. The van der Waals surface area contributed by atoms with E-state index in [2.05, 4.69) is 15.6 Å². The van der Waals surface area contributed by atoms with Crippen molar-refractivity contribution in [1.29, 1.82) is 0 Å². The van der Waals surface area contributed by atoms with Gasteiger partial charge in [-0.05, 0) is 32.9 Å². The molecule has 1 aromatic rings. The molecule has 0 spiro atoms. The van der Waals surface area contributed by atoms with Crippen molar-refractivity contribution in [2.75, 3.05) is 25.0 Å². The molecule has 3 N–H and O–H groups in total. The smallest absolute Gasteiger partial charge is 0.279 e. The van der Waals surface area contributed by atoms with Gasteiger partial charge < -0.3 is 15.5 Å². The largest absolute Gasteiger partial charge is 0.349 e. The quantitative estimate of drug-likeness (QED) is 0.625.